The number of hydrogen-bond acceptors (Lipinski definition) is 3. The number of nitrogens with one attached hydrogen (secondary N) is 2. The molecular formula is C19H25ClN2O2. The van der Waals surface area contributed by atoms with Crippen molar-refractivity contribution >= 4 is 18.3 Å². The average Bonchev–Trinajstić information content (AvgIpc) is 2.60. The van der Waals surface area contributed by atoms with Gasteiger partial charge < -0.3 is 15.4 Å². The van der Waals surface area contributed by atoms with Crippen LogP contribution in [0.2, 0.25) is 0 Å². The second-order valence-electron chi connectivity index (χ2n) is 5.61. The standard InChI is InChI=1S/C19H24N2O2.ClH/c1-14(12-20-2)19(22)21-13-15-7-9-16(10-8-15)17-5-4-6-18(11-17)23-3;/h4-11,14,20H,12-13H2,1-3H3,(H,21,22);1H. The lowest BCUT2D eigenvalue weighted by Crippen LogP contribution is -2.33. The van der Waals surface area contributed by atoms with Gasteiger partial charge in [0.15, 0.2) is 0 Å². The Bertz CT molecular complexity index is 644. The van der Waals surface area contributed by atoms with Gasteiger partial charge in [-0.05, 0) is 35.9 Å². The van der Waals surface area contributed by atoms with Crippen LogP contribution in [-0.4, -0.2) is 26.6 Å². The Morgan fingerprint density at radius 1 is 1.12 bits per heavy atom. The van der Waals surface area contributed by atoms with Crippen molar-refractivity contribution in [1.29, 1.82) is 0 Å². The summed E-state index contributed by atoms with van der Waals surface area (Å²) in [6, 6.07) is 16.2. The van der Waals surface area contributed by atoms with Crippen molar-refractivity contribution in [2.45, 2.75) is 13.5 Å². The zero-order valence-corrected chi connectivity index (χ0v) is 15.2. The van der Waals surface area contributed by atoms with Gasteiger partial charge in [0.05, 0.1) is 7.11 Å². The summed E-state index contributed by atoms with van der Waals surface area (Å²) < 4.78 is 5.25. The quantitative estimate of drug-likeness (QED) is 0.807. The molecule has 2 rings (SSSR count). The predicted molar refractivity (Wildman–Crippen MR) is 101 cm³/mol. The summed E-state index contributed by atoms with van der Waals surface area (Å²) in [4.78, 5) is 11.9. The molecule has 2 aromatic carbocycles. The Hall–Kier alpha value is -2.04. The highest BCUT2D eigenvalue weighted by Crippen LogP contribution is 2.24. The monoisotopic (exact) mass is 348 g/mol. The Kier molecular flexibility index (Phi) is 8.30. The van der Waals surface area contributed by atoms with Crippen LogP contribution in [0.3, 0.4) is 0 Å². The Morgan fingerprint density at radius 3 is 2.46 bits per heavy atom. The summed E-state index contributed by atoms with van der Waals surface area (Å²) in [7, 11) is 3.51. The number of methoxy groups -OCH3 is 1. The first-order valence-electron chi connectivity index (χ1n) is 7.79. The molecule has 5 heteroatoms. The summed E-state index contributed by atoms with van der Waals surface area (Å²) in [6.07, 6.45) is 0. The molecule has 0 fully saturated rings. The van der Waals surface area contributed by atoms with Crippen LogP contribution in [-0.2, 0) is 11.3 Å². The minimum Gasteiger partial charge on any atom is -0.497 e. The molecule has 1 amide bonds. The summed E-state index contributed by atoms with van der Waals surface area (Å²) >= 11 is 0. The topological polar surface area (TPSA) is 50.4 Å². The van der Waals surface area contributed by atoms with E-state index in [4.69, 9.17) is 4.74 Å². The summed E-state index contributed by atoms with van der Waals surface area (Å²) in [6.45, 7) is 3.14. The second-order valence-corrected chi connectivity index (χ2v) is 5.61. The number of carbonyl (C=O) groups excluding carboxylic acids is 1. The Labute approximate surface area is 150 Å². The first-order valence-corrected chi connectivity index (χ1v) is 7.79. The molecule has 130 valence electrons. The van der Waals surface area contributed by atoms with Crippen LogP contribution in [0.5, 0.6) is 5.75 Å². The van der Waals surface area contributed by atoms with Gasteiger partial charge in [-0.1, -0.05) is 43.3 Å². The second kappa shape index (κ2) is 9.96. The SMILES string of the molecule is CNCC(C)C(=O)NCc1ccc(-c2cccc(OC)c2)cc1.Cl. The number of halogens is 1. The molecule has 0 spiro atoms. The molecule has 0 aliphatic rings. The van der Waals surface area contributed by atoms with Gasteiger partial charge in [-0.25, -0.2) is 0 Å². The Morgan fingerprint density at radius 2 is 1.83 bits per heavy atom. The number of rotatable bonds is 7. The molecule has 24 heavy (non-hydrogen) atoms. The number of amides is 1. The molecule has 1 atom stereocenters. The van der Waals surface area contributed by atoms with E-state index in [-0.39, 0.29) is 24.2 Å². The summed E-state index contributed by atoms with van der Waals surface area (Å²) in [5, 5.41) is 5.97. The smallest absolute Gasteiger partial charge is 0.224 e. The molecule has 2 N–H and O–H groups in total. The van der Waals surface area contributed by atoms with Gasteiger partial charge in [0.25, 0.3) is 0 Å². The van der Waals surface area contributed by atoms with Gasteiger partial charge in [0.2, 0.25) is 5.91 Å². The fourth-order valence-electron chi connectivity index (χ4n) is 2.38. The van der Waals surface area contributed by atoms with Crippen LogP contribution in [0.1, 0.15) is 12.5 Å². The fourth-order valence-corrected chi connectivity index (χ4v) is 2.38. The highest BCUT2D eigenvalue weighted by atomic mass is 35.5. The zero-order chi connectivity index (χ0) is 16.7. The lowest BCUT2D eigenvalue weighted by Gasteiger charge is -2.12. The van der Waals surface area contributed by atoms with Crippen LogP contribution >= 0.6 is 12.4 Å². The minimum absolute atomic E-state index is 0. The molecule has 0 aliphatic carbocycles. The number of ether oxygens (including phenoxy) is 1. The summed E-state index contributed by atoms with van der Waals surface area (Å²) in [5.41, 5.74) is 3.33. The molecule has 0 saturated carbocycles. The van der Waals surface area contributed by atoms with Gasteiger partial charge in [-0.3, -0.25) is 4.79 Å². The highest BCUT2D eigenvalue weighted by Gasteiger charge is 2.10. The van der Waals surface area contributed by atoms with E-state index in [9.17, 15) is 4.79 Å². The normalized spacial score (nSPS) is 11.3. The number of hydrogen-bond donors (Lipinski definition) is 2. The van der Waals surface area contributed by atoms with Gasteiger partial charge in [0, 0.05) is 19.0 Å². The third-order valence-electron chi connectivity index (χ3n) is 3.78. The molecule has 0 aromatic heterocycles. The predicted octanol–water partition coefficient (Wildman–Crippen LogP) is 3.26. The molecular weight excluding hydrogens is 324 g/mol. The van der Waals surface area contributed by atoms with Crippen LogP contribution < -0.4 is 15.4 Å². The molecule has 0 bridgehead atoms. The third-order valence-corrected chi connectivity index (χ3v) is 3.78. The van der Waals surface area contributed by atoms with Gasteiger partial charge in [-0.15, -0.1) is 12.4 Å². The first kappa shape index (κ1) is 20.0. The molecule has 0 heterocycles. The van der Waals surface area contributed by atoms with Crippen LogP contribution in [0.25, 0.3) is 11.1 Å². The molecule has 0 radical (unpaired) electrons. The largest absolute Gasteiger partial charge is 0.497 e. The molecule has 0 saturated heterocycles. The van der Waals surface area contributed by atoms with Crippen molar-refractivity contribution in [2.75, 3.05) is 20.7 Å². The lowest BCUT2D eigenvalue weighted by molar-refractivity contribution is -0.124. The lowest BCUT2D eigenvalue weighted by atomic mass is 10.0. The zero-order valence-electron chi connectivity index (χ0n) is 14.3. The van der Waals surface area contributed by atoms with Crippen molar-refractivity contribution in [2.24, 2.45) is 5.92 Å². The van der Waals surface area contributed by atoms with E-state index in [1.54, 1.807) is 7.11 Å². The Balaban J connectivity index is 0.00000288. The average molecular weight is 349 g/mol. The first-order chi connectivity index (χ1) is 11.1. The van der Waals surface area contributed by atoms with Crippen LogP contribution in [0, 0.1) is 5.92 Å². The van der Waals surface area contributed by atoms with Crippen molar-refractivity contribution in [3.63, 3.8) is 0 Å². The van der Waals surface area contributed by atoms with E-state index in [1.165, 1.54) is 0 Å². The number of benzene rings is 2. The van der Waals surface area contributed by atoms with E-state index in [1.807, 2.05) is 44.3 Å². The van der Waals surface area contributed by atoms with E-state index in [2.05, 4.69) is 28.8 Å². The molecule has 0 aliphatic heterocycles. The van der Waals surface area contributed by atoms with Gasteiger partial charge in [-0.2, -0.15) is 0 Å². The van der Waals surface area contributed by atoms with Gasteiger partial charge in [0.1, 0.15) is 5.75 Å². The maximum absolute atomic E-state index is 11.9. The molecule has 1 unspecified atom stereocenters. The van der Waals surface area contributed by atoms with Crippen molar-refractivity contribution < 1.29 is 9.53 Å². The molecule has 4 nitrogen and oxygen atoms in total. The van der Waals surface area contributed by atoms with E-state index in [0.717, 1.165) is 22.4 Å². The van der Waals surface area contributed by atoms with Crippen molar-refractivity contribution in [3.05, 3.63) is 54.1 Å². The fraction of sp³-hybridized carbons (Fsp3) is 0.316. The van der Waals surface area contributed by atoms with E-state index >= 15 is 0 Å². The molecule has 2 aromatic rings. The van der Waals surface area contributed by atoms with E-state index < -0.39 is 0 Å². The van der Waals surface area contributed by atoms with Crippen LogP contribution in [0.15, 0.2) is 48.5 Å². The maximum Gasteiger partial charge on any atom is 0.224 e. The van der Waals surface area contributed by atoms with Crippen molar-refractivity contribution in [3.8, 4) is 16.9 Å². The summed E-state index contributed by atoms with van der Waals surface area (Å²) in [5.74, 6) is 0.879. The van der Waals surface area contributed by atoms with Crippen LogP contribution in [0.4, 0.5) is 0 Å². The highest BCUT2D eigenvalue weighted by molar-refractivity contribution is 5.85. The maximum atomic E-state index is 11.9. The number of carbonyl (C=O) groups is 1. The third kappa shape index (κ3) is 5.55. The minimum atomic E-state index is -0.0314. The van der Waals surface area contributed by atoms with Gasteiger partial charge >= 0.3 is 0 Å². The van der Waals surface area contributed by atoms with Crippen molar-refractivity contribution in [1.82, 2.24) is 10.6 Å². The van der Waals surface area contributed by atoms with E-state index in [0.29, 0.717) is 13.1 Å².